The third-order valence-electron chi connectivity index (χ3n) is 2.74. The van der Waals surface area contributed by atoms with Crippen molar-refractivity contribution in [2.45, 2.75) is 11.3 Å². The van der Waals surface area contributed by atoms with Crippen LogP contribution < -0.4 is 10.0 Å². The first kappa shape index (κ1) is 21.4. The molecule has 3 N–H and O–H groups in total. The Balaban J connectivity index is 2.39. The van der Waals surface area contributed by atoms with Crippen LogP contribution in [0.4, 0.5) is 0 Å². The number of carboxylic acid groups (broad SMARTS) is 1. The third-order valence-corrected chi connectivity index (χ3v) is 6.57. The summed E-state index contributed by atoms with van der Waals surface area (Å²) in [6.07, 6.45) is 5.12. The van der Waals surface area contributed by atoms with Gasteiger partial charge in [-0.1, -0.05) is 27.5 Å². The van der Waals surface area contributed by atoms with E-state index in [1.165, 1.54) is 45.9 Å². The van der Waals surface area contributed by atoms with Gasteiger partial charge >= 0.3 is 5.97 Å². The van der Waals surface area contributed by atoms with Crippen LogP contribution in [0.25, 0.3) is 0 Å². The average molecular weight is 403 g/mol. The van der Waals surface area contributed by atoms with Crippen molar-refractivity contribution in [1.29, 1.82) is 0 Å². The molecule has 0 radical (unpaired) electrons. The molecule has 1 amide bonds. The fourth-order valence-corrected chi connectivity index (χ4v) is 4.38. The number of carboxylic acids is 1. The summed E-state index contributed by atoms with van der Waals surface area (Å²) >= 11 is 0. The molecule has 7 nitrogen and oxygen atoms in total. The number of carbonyl (C=O) groups is 2. The molecule has 0 spiro atoms. The second-order valence-corrected chi connectivity index (χ2v) is 9.07. The summed E-state index contributed by atoms with van der Waals surface area (Å²) in [7, 11) is -0.755. The SMILES string of the molecule is C#CCNS(=O)(=O)c1ccc(C(=O)NCCSSCCC(=O)O)cc1. The summed E-state index contributed by atoms with van der Waals surface area (Å²) in [5, 5.41) is 11.2. The van der Waals surface area contributed by atoms with Crippen LogP contribution in [-0.4, -0.2) is 50.0 Å². The lowest BCUT2D eigenvalue weighted by Crippen LogP contribution is -2.26. The fraction of sp³-hybridized carbons (Fsp3) is 0.333. The number of nitrogens with one attached hydrogen (secondary N) is 2. The van der Waals surface area contributed by atoms with Gasteiger partial charge in [-0.05, 0) is 24.3 Å². The predicted octanol–water partition coefficient (Wildman–Crippen LogP) is 1.18. The molecule has 1 aromatic rings. The standard InChI is InChI=1S/C15H18N2O5S3/c1-2-8-17-25(21,22)13-5-3-12(4-6-13)15(20)16-9-11-24-23-10-7-14(18)19/h1,3-6,17H,7-11H2,(H,16,20)(H,18,19). The highest BCUT2D eigenvalue weighted by Gasteiger charge is 2.13. The van der Waals surface area contributed by atoms with Gasteiger partial charge in [-0.2, -0.15) is 4.72 Å². The topological polar surface area (TPSA) is 113 Å². The molecule has 25 heavy (non-hydrogen) atoms. The van der Waals surface area contributed by atoms with Gasteiger partial charge in [-0.3, -0.25) is 9.59 Å². The van der Waals surface area contributed by atoms with Crippen molar-refractivity contribution in [3.63, 3.8) is 0 Å². The summed E-state index contributed by atoms with van der Waals surface area (Å²) in [4.78, 5) is 22.3. The number of aliphatic carboxylic acids is 1. The Hall–Kier alpha value is -1.67. The summed E-state index contributed by atoms with van der Waals surface area (Å²) in [5.41, 5.74) is 0.347. The van der Waals surface area contributed by atoms with E-state index in [0.717, 1.165) is 0 Å². The van der Waals surface area contributed by atoms with Crippen molar-refractivity contribution in [2.24, 2.45) is 0 Å². The molecular formula is C15H18N2O5S3. The zero-order chi connectivity index (χ0) is 18.7. The minimum absolute atomic E-state index is 0.0321. The van der Waals surface area contributed by atoms with Crippen LogP contribution in [0.3, 0.4) is 0 Å². The van der Waals surface area contributed by atoms with Crippen molar-refractivity contribution >= 4 is 43.5 Å². The monoisotopic (exact) mass is 402 g/mol. The Morgan fingerprint density at radius 3 is 2.40 bits per heavy atom. The first-order chi connectivity index (χ1) is 11.9. The van der Waals surface area contributed by atoms with E-state index in [1.54, 1.807) is 0 Å². The highest BCUT2D eigenvalue weighted by atomic mass is 33.1. The molecule has 0 atom stereocenters. The van der Waals surface area contributed by atoms with Crippen molar-refractivity contribution in [3.05, 3.63) is 29.8 Å². The second kappa shape index (κ2) is 11.0. The van der Waals surface area contributed by atoms with E-state index in [2.05, 4.69) is 16.0 Å². The molecule has 0 aliphatic heterocycles. The van der Waals surface area contributed by atoms with Crippen LogP contribution in [0.2, 0.25) is 0 Å². The van der Waals surface area contributed by atoms with Gasteiger partial charge in [0.2, 0.25) is 10.0 Å². The van der Waals surface area contributed by atoms with Crippen LogP contribution >= 0.6 is 21.6 Å². The highest BCUT2D eigenvalue weighted by Crippen LogP contribution is 2.21. The van der Waals surface area contributed by atoms with Crippen molar-refractivity contribution in [1.82, 2.24) is 10.0 Å². The Bertz CT molecular complexity index is 727. The number of benzene rings is 1. The maximum Gasteiger partial charge on any atom is 0.304 e. The summed E-state index contributed by atoms with van der Waals surface area (Å²) in [6.45, 7) is 0.320. The Morgan fingerprint density at radius 1 is 1.16 bits per heavy atom. The van der Waals surface area contributed by atoms with E-state index in [4.69, 9.17) is 11.5 Å². The van der Waals surface area contributed by atoms with E-state index in [-0.39, 0.29) is 23.8 Å². The van der Waals surface area contributed by atoms with Gasteiger partial charge < -0.3 is 10.4 Å². The summed E-state index contributed by atoms with van der Waals surface area (Å²) in [5.74, 6) is 2.19. The molecule has 10 heteroatoms. The average Bonchev–Trinajstić information content (AvgIpc) is 2.59. The zero-order valence-electron chi connectivity index (χ0n) is 13.2. The van der Waals surface area contributed by atoms with Crippen LogP contribution in [-0.2, 0) is 14.8 Å². The summed E-state index contributed by atoms with van der Waals surface area (Å²) < 4.78 is 26.0. The second-order valence-electron chi connectivity index (χ2n) is 4.60. The lowest BCUT2D eigenvalue weighted by molar-refractivity contribution is -0.136. The van der Waals surface area contributed by atoms with Gasteiger partial charge in [-0.25, -0.2) is 8.42 Å². The predicted molar refractivity (Wildman–Crippen MR) is 100.0 cm³/mol. The van der Waals surface area contributed by atoms with Gasteiger partial charge in [0, 0.05) is 23.6 Å². The van der Waals surface area contributed by atoms with E-state index >= 15 is 0 Å². The van der Waals surface area contributed by atoms with Crippen LogP contribution in [0.1, 0.15) is 16.8 Å². The van der Waals surface area contributed by atoms with Gasteiger partial charge in [-0.15, -0.1) is 6.42 Å². The van der Waals surface area contributed by atoms with Gasteiger partial charge in [0.15, 0.2) is 0 Å². The first-order valence-corrected chi connectivity index (χ1v) is 11.1. The molecule has 0 unspecified atom stereocenters. The number of carbonyl (C=O) groups excluding carboxylic acids is 1. The highest BCUT2D eigenvalue weighted by molar-refractivity contribution is 8.76. The molecule has 136 valence electrons. The number of hydrogen-bond acceptors (Lipinski definition) is 6. The molecule has 0 heterocycles. The minimum Gasteiger partial charge on any atom is -0.481 e. The van der Waals surface area contributed by atoms with E-state index in [0.29, 0.717) is 23.6 Å². The van der Waals surface area contributed by atoms with Crippen molar-refractivity contribution in [3.8, 4) is 12.3 Å². The fourth-order valence-electron chi connectivity index (χ4n) is 1.56. The van der Waals surface area contributed by atoms with Crippen molar-refractivity contribution < 1.29 is 23.1 Å². The minimum atomic E-state index is -3.67. The normalized spacial score (nSPS) is 10.8. The van der Waals surface area contributed by atoms with Crippen LogP contribution in [0, 0.1) is 12.3 Å². The van der Waals surface area contributed by atoms with E-state index in [1.807, 2.05) is 0 Å². The van der Waals surface area contributed by atoms with Crippen LogP contribution in [0.15, 0.2) is 29.2 Å². The van der Waals surface area contributed by atoms with Crippen molar-refractivity contribution in [2.75, 3.05) is 24.6 Å². The maximum atomic E-state index is 12.0. The number of hydrogen-bond donors (Lipinski definition) is 3. The number of rotatable bonds is 11. The molecule has 1 aromatic carbocycles. The Morgan fingerprint density at radius 2 is 1.80 bits per heavy atom. The lowest BCUT2D eigenvalue weighted by atomic mass is 10.2. The molecule has 0 aromatic heterocycles. The van der Waals surface area contributed by atoms with Crippen LogP contribution in [0.5, 0.6) is 0 Å². The molecular weight excluding hydrogens is 384 g/mol. The quantitative estimate of drug-likeness (QED) is 0.289. The zero-order valence-corrected chi connectivity index (χ0v) is 15.7. The first-order valence-electron chi connectivity index (χ1n) is 7.14. The molecule has 0 saturated heterocycles. The third kappa shape index (κ3) is 8.31. The number of sulfonamides is 1. The molecule has 0 aliphatic rings. The van der Waals surface area contributed by atoms with Gasteiger partial charge in [0.25, 0.3) is 5.91 Å². The maximum absolute atomic E-state index is 12.0. The molecule has 0 aliphatic carbocycles. The number of amides is 1. The Labute approximate surface area is 154 Å². The molecule has 0 fully saturated rings. The summed E-state index contributed by atoms with van der Waals surface area (Å²) in [6, 6.07) is 5.53. The van der Waals surface area contributed by atoms with E-state index < -0.39 is 16.0 Å². The van der Waals surface area contributed by atoms with Gasteiger partial charge in [0.05, 0.1) is 17.9 Å². The Kier molecular flexibility index (Phi) is 9.44. The molecule has 0 bridgehead atoms. The molecule has 1 rings (SSSR count). The van der Waals surface area contributed by atoms with E-state index in [9.17, 15) is 18.0 Å². The smallest absolute Gasteiger partial charge is 0.304 e. The largest absolute Gasteiger partial charge is 0.481 e. The van der Waals surface area contributed by atoms with Gasteiger partial charge in [0.1, 0.15) is 0 Å². The number of terminal acetylenes is 1. The lowest BCUT2D eigenvalue weighted by Gasteiger charge is -2.07. The molecule has 0 saturated carbocycles.